The molecular weight excluding hydrogens is 432 g/mol. The molecule has 1 saturated heterocycles. The number of hydrogen-bond donors (Lipinski definition) is 4. The van der Waals surface area contributed by atoms with Crippen LogP contribution in [-0.2, 0) is 23.1 Å². The van der Waals surface area contributed by atoms with Crippen molar-refractivity contribution in [1.29, 1.82) is 0 Å². The van der Waals surface area contributed by atoms with Gasteiger partial charge in [-0.15, -0.1) is 0 Å². The van der Waals surface area contributed by atoms with E-state index >= 15 is 0 Å². The summed E-state index contributed by atoms with van der Waals surface area (Å²) in [7, 11) is 0. The number of H-pyrrole nitrogens is 1. The molecule has 2 saturated carbocycles. The number of aromatic hydroxyl groups is 1. The number of amides is 1. The van der Waals surface area contributed by atoms with Crippen molar-refractivity contribution in [2.75, 3.05) is 13.1 Å². The zero-order chi connectivity index (χ0) is 23.1. The van der Waals surface area contributed by atoms with Crippen LogP contribution < -0.4 is 10.1 Å². The Morgan fingerprint density at radius 1 is 1.26 bits per heavy atom. The number of carbonyl (C=O) groups is 1. The molecule has 7 rings (SSSR count). The molecule has 5 aliphatic rings. The lowest BCUT2D eigenvalue weighted by atomic mass is 9.48. The van der Waals surface area contributed by atoms with Crippen molar-refractivity contribution < 1.29 is 19.7 Å². The van der Waals surface area contributed by atoms with E-state index in [4.69, 9.17) is 4.74 Å². The average molecular weight is 465 g/mol. The van der Waals surface area contributed by atoms with Crippen molar-refractivity contribution in [3.63, 3.8) is 0 Å². The number of nitrogens with one attached hydrogen (secondary N) is 2. The smallest absolute Gasteiger partial charge is 0.220 e. The quantitative estimate of drug-likeness (QED) is 0.519. The van der Waals surface area contributed by atoms with E-state index in [1.807, 2.05) is 12.1 Å². The fourth-order valence-corrected chi connectivity index (χ4v) is 7.58. The van der Waals surface area contributed by atoms with Crippen LogP contribution in [-0.4, -0.2) is 68.1 Å². The molecule has 3 aliphatic carbocycles. The van der Waals surface area contributed by atoms with Crippen LogP contribution >= 0.6 is 0 Å². The highest BCUT2D eigenvalue weighted by Crippen LogP contribution is 2.65. The van der Waals surface area contributed by atoms with Crippen LogP contribution in [0.2, 0.25) is 0 Å². The molecule has 8 nitrogen and oxygen atoms in total. The summed E-state index contributed by atoms with van der Waals surface area (Å²) in [5.74, 6) is 1.39. The Balaban J connectivity index is 1.22. The molecule has 3 heterocycles. The fraction of sp³-hybridized carbons (Fsp3) is 0.615. The molecule has 180 valence electrons. The summed E-state index contributed by atoms with van der Waals surface area (Å²) in [6, 6.07) is 5.47. The summed E-state index contributed by atoms with van der Waals surface area (Å²) in [4.78, 5) is 15.4. The van der Waals surface area contributed by atoms with Gasteiger partial charge in [-0.2, -0.15) is 5.10 Å². The number of ether oxygens (including phenoxy) is 1. The van der Waals surface area contributed by atoms with Crippen LogP contribution in [0, 0.1) is 5.92 Å². The van der Waals surface area contributed by atoms with Crippen LogP contribution in [0.4, 0.5) is 0 Å². The minimum Gasteiger partial charge on any atom is -0.504 e. The molecule has 34 heavy (non-hydrogen) atoms. The zero-order valence-corrected chi connectivity index (χ0v) is 19.3. The number of aromatic nitrogens is 2. The number of hydrogen-bond acceptors (Lipinski definition) is 6. The topological polar surface area (TPSA) is 111 Å². The van der Waals surface area contributed by atoms with Crippen molar-refractivity contribution in [3.8, 4) is 11.5 Å². The minimum absolute atomic E-state index is 0.0241. The first-order valence-corrected chi connectivity index (χ1v) is 12.8. The van der Waals surface area contributed by atoms with Crippen molar-refractivity contribution in [1.82, 2.24) is 20.4 Å². The van der Waals surface area contributed by atoms with Crippen LogP contribution in [0.5, 0.6) is 11.5 Å². The summed E-state index contributed by atoms with van der Waals surface area (Å²) in [5.41, 5.74) is 1.59. The van der Waals surface area contributed by atoms with Crippen molar-refractivity contribution >= 4 is 5.91 Å². The van der Waals surface area contributed by atoms with Gasteiger partial charge in [0, 0.05) is 36.5 Å². The third kappa shape index (κ3) is 2.78. The fourth-order valence-electron chi connectivity index (χ4n) is 7.58. The molecule has 0 radical (unpaired) electrons. The van der Waals surface area contributed by atoms with E-state index in [0.717, 1.165) is 43.1 Å². The van der Waals surface area contributed by atoms with E-state index in [1.165, 1.54) is 18.4 Å². The van der Waals surface area contributed by atoms with Gasteiger partial charge in [0.15, 0.2) is 11.5 Å². The number of rotatable bonds is 6. The van der Waals surface area contributed by atoms with Crippen LogP contribution in [0.1, 0.15) is 55.3 Å². The normalized spacial score (nSPS) is 35.5. The lowest BCUT2D eigenvalue weighted by molar-refractivity contribution is -0.192. The standard InChI is InChI=1S/C26H32N4O4/c31-19-5-3-16-13-20-26(33)9-7-18(28-21(32)6-4-17-8-11-27-29-17)24-25(26,22(16)23(19)34-24)10-12-30(20)14-15-1-2-15/h3,5,8,11,15,18,20,24,31,33H,1-2,4,6-7,9-10,12-14H2,(H,27,29)(H,28,32)/t18-,20-,24+,25+,26-/m1/s1. The highest BCUT2D eigenvalue weighted by Gasteiger charge is 2.73. The van der Waals surface area contributed by atoms with E-state index in [2.05, 4.69) is 20.4 Å². The second-order valence-corrected chi connectivity index (χ2v) is 11.1. The maximum absolute atomic E-state index is 12.9. The van der Waals surface area contributed by atoms with Crippen molar-refractivity contribution in [3.05, 3.63) is 41.2 Å². The number of phenols is 1. The van der Waals surface area contributed by atoms with Gasteiger partial charge < -0.3 is 20.3 Å². The molecule has 1 amide bonds. The van der Waals surface area contributed by atoms with Gasteiger partial charge in [0.05, 0.1) is 17.1 Å². The van der Waals surface area contributed by atoms with Gasteiger partial charge >= 0.3 is 0 Å². The lowest BCUT2D eigenvalue weighted by Crippen LogP contribution is -2.78. The first-order chi connectivity index (χ1) is 16.5. The van der Waals surface area contributed by atoms with E-state index in [0.29, 0.717) is 31.4 Å². The molecule has 0 unspecified atom stereocenters. The predicted octanol–water partition coefficient (Wildman–Crippen LogP) is 1.80. The summed E-state index contributed by atoms with van der Waals surface area (Å²) in [6.07, 6.45) is 7.71. The van der Waals surface area contributed by atoms with E-state index < -0.39 is 11.0 Å². The van der Waals surface area contributed by atoms with E-state index in [9.17, 15) is 15.0 Å². The minimum atomic E-state index is -0.923. The van der Waals surface area contributed by atoms with Crippen LogP contribution in [0.3, 0.4) is 0 Å². The Labute approximate surface area is 198 Å². The Morgan fingerprint density at radius 3 is 2.94 bits per heavy atom. The maximum Gasteiger partial charge on any atom is 0.220 e. The number of piperidine rings is 1. The number of likely N-dealkylation sites (tertiary alicyclic amines) is 1. The molecule has 3 fully saturated rings. The number of nitrogens with zero attached hydrogens (tertiary/aromatic N) is 2. The molecule has 1 aromatic carbocycles. The molecule has 5 atom stereocenters. The second kappa shape index (κ2) is 7.21. The second-order valence-electron chi connectivity index (χ2n) is 11.1. The Bertz CT molecular complexity index is 1130. The number of aliphatic hydroxyl groups is 1. The number of aromatic amines is 1. The van der Waals surface area contributed by atoms with Crippen LogP contribution in [0.25, 0.3) is 0 Å². The molecule has 1 spiro atoms. The third-order valence-electron chi connectivity index (χ3n) is 9.29. The summed E-state index contributed by atoms with van der Waals surface area (Å²) in [6.45, 7) is 1.97. The van der Waals surface area contributed by atoms with Gasteiger partial charge in [0.2, 0.25) is 5.91 Å². The highest BCUT2D eigenvalue weighted by atomic mass is 16.5. The van der Waals surface area contributed by atoms with Gasteiger partial charge in [-0.3, -0.25) is 14.8 Å². The SMILES string of the molecule is O=C(CCc1ccn[nH]1)N[C@@H]1CC[C@@]2(O)[C@H]3Cc4ccc(O)c5c4[C@@]2(CCN3CC2CC2)[C@H]1O5. The summed E-state index contributed by atoms with van der Waals surface area (Å²) >= 11 is 0. The first kappa shape index (κ1) is 20.8. The lowest BCUT2D eigenvalue weighted by Gasteiger charge is -2.64. The Morgan fingerprint density at radius 2 is 2.15 bits per heavy atom. The van der Waals surface area contributed by atoms with Crippen molar-refractivity contribution in [2.24, 2.45) is 5.92 Å². The van der Waals surface area contributed by atoms with Gasteiger partial charge in [-0.25, -0.2) is 0 Å². The largest absolute Gasteiger partial charge is 0.504 e. The number of phenolic OH excluding ortho intramolecular Hbond substituents is 1. The zero-order valence-electron chi connectivity index (χ0n) is 19.3. The number of benzene rings is 1. The Hall–Kier alpha value is -2.58. The third-order valence-corrected chi connectivity index (χ3v) is 9.29. The van der Waals surface area contributed by atoms with Gasteiger partial charge in [-0.05, 0) is 75.1 Å². The van der Waals surface area contributed by atoms with Gasteiger partial charge in [0.1, 0.15) is 6.10 Å². The van der Waals surface area contributed by atoms with Crippen molar-refractivity contribution in [2.45, 2.75) is 80.6 Å². The van der Waals surface area contributed by atoms with E-state index in [-0.39, 0.29) is 29.8 Å². The average Bonchev–Trinajstić information content (AvgIpc) is 3.33. The summed E-state index contributed by atoms with van der Waals surface area (Å²) in [5, 5.41) is 33.3. The molecule has 4 N–H and O–H groups in total. The monoisotopic (exact) mass is 464 g/mol. The molecule has 1 aromatic heterocycles. The van der Waals surface area contributed by atoms with Crippen LogP contribution in [0.15, 0.2) is 24.4 Å². The molecule has 2 aliphatic heterocycles. The molecule has 8 heteroatoms. The highest BCUT2D eigenvalue weighted by molar-refractivity contribution is 5.77. The van der Waals surface area contributed by atoms with Gasteiger partial charge in [-0.1, -0.05) is 6.07 Å². The van der Waals surface area contributed by atoms with Gasteiger partial charge in [0.25, 0.3) is 0 Å². The summed E-state index contributed by atoms with van der Waals surface area (Å²) < 4.78 is 6.51. The molecule has 2 bridgehead atoms. The first-order valence-electron chi connectivity index (χ1n) is 12.8. The molecular formula is C26H32N4O4. The van der Waals surface area contributed by atoms with E-state index in [1.54, 1.807) is 12.3 Å². The number of carbonyl (C=O) groups excluding carboxylic acids is 1. The maximum atomic E-state index is 12.9. The Kier molecular flexibility index (Phi) is 4.40. The number of aryl methyl sites for hydroxylation is 1. The predicted molar refractivity (Wildman–Crippen MR) is 124 cm³/mol. The molecule has 2 aromatic rings.